The molecule has 0 fully saturated rings. The molecule has 4 heterocycles. The maximum Gasteiger partial charge on any atom is 0.160 e. The van der Waals surface area contributed by atoms with Crippen molar-refractivity contribution in [3.05, 3.63) is 86.5 Å². The summed E-state index contributed by atoms with van der Waals surface area (Å²) in [5.41, 5.74) is 11.0. The average molecular weight is 445 g/mol. The first-order valence-electron chi connectivity index (χ1n) is 9.60. The Morgan fingerprint density at radius 2 is 1.87 bits per heavy atom. The van der Waals surface area contributed by atoms with Crippen molar-refractivity contribution >= 4 is 34.3 Å². The lowest BCUT2D eigenvalue weighted by molar-refractivity contribution is 0.869. The molecule has 0 spiro atoms. The van der Waals surface area contributed by atoms with E-state index in [1.165, 1.54) is 0 Å². The Kier molecular flexibility index (Phi) is 4.81. The number of rotatable bonds is 1. The van der Waals surface area contributed by atoms with Gasteiger partial charge in [-0.15, -0.1) is 21.5 Å². The number of nitrogens with two attached hydrogens (primary N) is 1. The van der Waals surface area contributed by atoms with Gasteiger partial charge in [0.2, 0.25) is 0 Å². The van der Waals surface area contributed by atoms with E-state index < -0.39 is 0 Å². The third-order valence-electron chi connectivity index (χ3n) is 5.05. The van der Waals surface area contributed by atoms with Crippen LogP contribution in [-0.4, -0.2) is 25.5 Å². The van der Waals surface area contributed by atoms with Crippen LogP contribution in [0.4, 0.5) is 5.69 Å². The van der Waals surface area contributed by atoms with E-state index in [4.69, 9.17) is 22.3 Å². The van der Waals surface area contributed by atoms with E-state index in [0.717, 1.165) is 43.9 Å². The highest BCUT2D eigenvalue weighted by atomic mass is 35.5. The summed E-state index contributed by atoms with van der Waals surface area (Å²) in [5, 5.41) is 10.3. The van der Waals surface area contributed by atoms with Crippen LogP contribution in [0.3, 0.4) is 0 Å². The summed E-state index contributed by atoms with van der Waals surface area (Å²) >= 11 is 7.72. The smallest absolute Gasteiger partial charge is 0.160 e. The first-order chi connectivity index (χ1) is 15.0. The third-order valence-corrected chi connectivity index (χ3v) is 6.49. The van der Waals surface area contributed by atoms with Gasteiger partial charge in [-0.1, -0.05) is 23.7 Å². The molecule has 5 rings (SSSR count). The van der Waals surface area contributed by atoms with Crippen molar-refractivity contribution in [1.82, 2.24) is 19.7 Å². The Bertz CT molecular complexity index is 1390. The molecular formula is C23H17ClN6S. The number of benzene rings is 1. The lowest BCUT2D eigenvalue weighted by Gasteiger charge is -2.09. The largest absolute Gasteiger partial charge is 0.397 e. The number of aliphatic imine (C=N–C) groups is 1. The van der Waals surface area contributed by atoms with Crippen LogP contribution in [0.1, 0.15) is 38.9 Å². The van der Waals surface area contributed by atoms with Gasteiger partial charge in [-0.3, -0.25) is 9.56 Å². The lowest BCUT2D eigenvalue weighted by Crippen LogP contribution is -2.07. The molecule has 0 amide bonds. The van der Waals surface area contributed by atoms with Gasteiger partial charge < -0.3 is 5.73 Å². The van der Waals surface area contributed by atoms with Crippen molar-refractivity contribution in [2.45, 2.75) is 20.4 Å². The average Bonchev–Trinajstić information content (AvgIpc) is 3.23. The molecule has 6 nitrogen and oxygen atoms in total. The molecule has 1 aliphatic heterocycles. The van der Waals surface area contributed by atoms with Gasteiger partial charge in [-0.2, -0.15) is 0 Å². The minimum atomic E-state index is 0.454. The Morgan fingerprint density at radius 3 is 2.61 bits per heavy atom. The fourth-order valence-corrected chi connectivity index (χ4v) is 4.86. The summed E-state index contributed by atoms with van der Waals surface area (Å²) in [6.07, 6.45) is 1.61. The highest BCUT2D eigenvalue weighted by Gasteiger charge is 2.27. The van der Waals surface area contributed by atoms with Crippen molar-refractivity contribution in [2.24, 2.45) is 4.99 Å². The van der Waals surface area contributed by atoms with Crippen molar-refractivity contribution in [2.75, 3.05) is 5.73 Å². The summed E-state index contributed by atoms with van der Waals surface area (Å²) in [5.74, 6) is 8.06. The molecule has 3 aromatic heterocycles. The molecule has 0 radical (unpaired) electrons. The van der Waals surface area contributed by atoms with Crippen LogP contribution < -0.4 is 5.73 Å². The standard InChI is InChI=1S/C23H17ClN6S/c1-13-19(10-9-18-8-7-17(25)11-26-18)31-23-21(13)22(15-3-5-16(24)6-4-15)27-12-20-29-28-14(2)30(20)23/h3-8,11H,12,25H2,1-2H3. The predicted octanol–water partition coefficient (Wildman–Crippen LogP) is 4.33. The maximum atomic E-state index is 6.11. The molecule has 4 aromatic rings. The van der Waals surface area contributed by atoms with Gasteiger partial charge in [0.25, 0.3) is 0 Å². The monoisotopic (exact) mass is 444 g/mol. The number of aromatic nitrogens is 4. The second-order valence-electron chi connectivity index (χ2n) is 7.13. The molecule has 0 saturated heterocycles. The molecule has 152 valence electrons. The fourth-order valence-electron chi connectivity index (χ4n) is 3.50. The van der Waals surface area contributed by atoms with Crippen LogP contribution >= 0.6 is 22.9 Å². The van der Waals surface area contributed by atoms with Gasteiger partial charge in [0, 0.05) is 16.1 Å². The first kappa shape index (κ1) is 19.5. The van der Waals surface area contributed by atoms with E-state index in [2.05, 4.69) is 38.5 Å². The van der Waals surface area contributed by atoms with Crippen LogP contribution in [0.25, 0.3) is 5.00 Å². The Balaban J connectivity index is 1.69. The second-order valence-corrected chi connectivity index (χ2v) is 8.57. The van der Waals surface area contributed by atoms with Crippen LogP contribution in [0.2, 0.25) is 5.02 Å². The number of pyridine rings is 1. The second kappa shape index (κ2) is 7.65. The predicted molar refractivity (Wildman–Crippen MR) is 124 cm³/mol. The van der Waals surface area contributed by atoms with Crippen molar-refractivity contribution in [3.63, 3.8) is 0 Å². The SMILES string of the molecule is Cc1c(C#Cc2ccc(N)cn2)sc2c1C(c1ccc(Cl)cc1)=NCc1nnc(C)n1-2. The van der Waals surface area contributed by atoms with E-state index >= 15 is 0 Å². The maximum absolute atomic E-state index is 6.11. The lowest BCUT2D eigenvalue weighted by atomic mass is 10.00. The van der Waals surface area contributed by atoms with Crippen molar-refractivity contribution < 1.29 is 0 Å². The van der Waals surface area contributed by atoms with Gasteiger partial charge in [-0.25, -0.2) is 4.98 Å². The van der Waals surface area contributed by atoms with Crippen molar-refractivity contribution in [1.29, 1.82) is 0 Å². The number of aryl methyl sites for hydroxylation is 1. The summed E-state index contributed by atoms with van der Waals surface area (Å²) in [6.45, 7) is 4.48. The van der Waals surface area contributed by atoms with Crippen LogP contribution in [-0.2, 0) is 6.54 Å². The number of fused-ring (bicyclic) bond motifs is 3. The summed E-state index contributed by atoms with van der Waals surface area (Å²) in [7, 11) is 0. The van der Waals surface area contributed by atoms with E-state index in [9.17, 15) is 0 Å². The molecule has 0 atom stereocenters. The van der Waals surface area contributed by atoms with Crippen LogP contribution in [0.15, 0.2) is 47.6 Å². The molecule has 0 saturated carbocycles. The molecular weight excluding hydrogens is 428 g/mol. The van der Waals surface area contributed by atoms with Gasteiger partial charge >= 0.3 is 0 Å². The van der Waals surface area contributed by atoms with Gasteiger partial charge in [0.1, 0.15) is 23.1 Å². The van der Waals surface area contributed by atoms with Crippen LogP contribution in [0.5, 0.6) is 0 Å². The molecule has 0 unspecified atom stereocenters. The zero-order valence-electron chi connectivity index (χ0n) is 16.8. The molecule has 8 heteroatoms. The molecule has 1 aromatic carbocycles. The van der Waals surface area contributed by atoms with Crippen molar-refractivity contribution in [3.8, 4) is 16.8 Å². The number of nitrogen functional groups attached to an aromatic ring is 1. The zero-order valence-corrected chi connectivity index (χ0v) is 18.4. The van der Waals surface area contributed by atoms with Gasteiger partial charge in [0.15, 0.2) is 5.82 Å². The summed E-state index contributed by atoms with van der Waals surface area (Å²) < 4.78 is 2.08. The third kappa shape index (κ3) is 3.50. The minimum Gasteiger partial charge on any atom is -0.397 e. The van der Waals surface area contributed by atoms with E-state index in [1.54, 1.807) is 23.6 Å². The highest BCUT2D eigenvalue weighted by Crippen LogP contribution is 2.36. The van der Waals surface area contributed by atoms with E-state index in [-0.39, 0.29) is 0 Å². The summed E-state index contributed by atoms with van der Waals surface area (Å²) in [6, 6.07) is 11.4. The van der Waals surface area contributed by atoms with Crippen LogP contribution in [0, 0.1) is 25.7 Å². The number of hydrogen-bond acceptors (Lipinski definition) is 6. The quantitative estimate of drug-likeness (QED) is 0.443. The Hall–Kier alpha value is -3.47. The number of nitrogens with zero attached hydrogens (tertiary/aromatic N) is 5. The molecule has 1 aliphatic rings. The Morgan fingerprint density at radius 1 is 1.06 bits per heavy atom. The Labute approximate surface area is 188 Å². The normalized spacial score (nSPS) is 12.3. The molecule has 31 heavy (non-hydrogen) atoms. The summed E-state index contributed by atoms with van der Waals surface area (Å²) in [4.78, 5) is 10.1. The first-order valence-corrected chi connectivity index (χ1v) is 10.8. The highest BCUT2D eigenvalue weighted by molar-refractivity contribution is 7.15. The minimum absolute atomic E-state index is 0.454. The van der Waals surface area contributed by atoms with E-state index in [1.807, 2.05) is 37.3 Å². The molecule has 0 aliphatic carbocycles. The number of hydrogen-bond donors (Lipinski definition) is 1. The zero-order chi connectivity index (χ0) is 21.5. The topological polar surface area (TPSA) is 82.0 Å². The van der Waals surface area contributed by atoms with E-state index in [0.29, 0.717) is 22.9 Å². The van der Waals surface area contributed by atoms with Gasteiger partial charge in [0.05, 0.1) is 22.5 Å². The number of anilines is 1. The fraction of sp³-hybridized carbons (Fsp3) is 0.130. The molecule has 2 N–H and O–H groups in total. The number of halogens is 1. The molecule has 0 bridgehead atoms. The number of thiophene rings is 1. The van der Waals surface area contributed by atoms with Gasteiger partial charge in [-0.05, 0) is 55.5 Å².